The first kappa shape index (κ1) is 13.5. The highest BCUT2D eigenvalue weighted by atomic mass is 16.4. The summed E-state index contributed by atoms with van der Waals surface area (Å²) < 4.78 is 8.76. The fraction of sp³-hybridized carbons (Fsp3) is 0.333. The molecule has 1 aromatic carbocycles. The Morgan fingerprint density at radius 3 is 2.81 bits per heavy atom. The van der Waals surface area contributed by atoms with Crippen LogP contribution >= 0.6 is 0 Å². The van der Waals surface area contributed by atoms with Gasteiger partial charge in [0.2, 0.25) is 0 Å². The molecule has 0 unspecified atom stereocenters. The van der Waals surface area contributed by atoms with Crippen LogP contribution in [0.5, 0.6) is 0 Å². The largest absolute Gasteiger partial charge is 0.420 e. The predicted octanol–water partition coefficient (Wildman–Crippen LogP) is 2.00. The smallest absolute Gasteiger partial charge is 0.408 e. The van der Waals surface area contributed by atoms with Crippen molar-refractivity contribution in [2.24, 2.45) is 0 Å². The summed E-state index contributed by atoms with van der Waals surface area (Å²) in [6.45, 7) is 5.29. The average Bonchev–Trinajstić information content (AvgIpc) is 3.01. The third-order valence-electron chi connectivity index (χ3n) is 3.59. The van der Waals surface area contributed by atoms with Crippen LogP contribution in [0.25, 0.3) is 11.1 Å². The van der Waals surface area contributed by atoms with E-state index in [0.717, 1.165) is 24.4 Å². The molecule has 0 radical (unpaired) electrons. The molecule has 0 saturated carbocycles. The topological polar surface area (TPSA) is 79.0 Å². The highest BCUT2D eigenvalue weighted by Gasteiger charge is 2.13. The van der Waals surface area contributed by atoms with Crippen LogP contribution in [0, 0.1) is 0 Å². The maximum Gasteiger partial charge on any atom is 0.420 e. The van der Waals surface area contributed by atoms with Crippen LogP contribution in [0.15, 0.2) is 33.5 Å². The lowest BCUT2D eigenvalue weighted by atomic mass is 10.2. The van der Waals surface area contributed by atoms with E-state index in [1.165, 1.54) is 0 Å². The van der Waals surface area contributed by atoms with E-state index in [1.54, 1.807) is 22.8 Å². The second kappa shape index (κ2) is 5.12. The second-order valence-corrected chi connectivity index (χ2v) is 4.98. The van der Waals surface area contributed by atoms with E-state index in [2.05, 4.69) is 12.0 Å². The number of anilines is 1. The molecule has 0 aliphatic rings. The van der Waals surface area contributed by atoms with Gasteiger partial charge in [0.05, 0.1) is 23.4 Å². The van der Waals surface area contributed by atoms with E-state index >= 15 is 0 Å². The minimum Gasteiger partial charge on any atom is -0.408 e. The fourth-order valence-electron chi connectivity index (χ4n) is 2.48. The lowest BCUT2D eigenvalue weighted by Crippen LogP contribution is -2.17. The van der Waals surface area contributed by atoms with Gasteiger partial charge in [-0.05, 0) is 37.6 Å². The third-order valence-corrected chi connectivity index (χ3v) is 3.59. The van der Waals surface area contributed by atoms with Gasteiger partial charge < -0.3 is 10.2 Å². The number of oxazole rings is 1. The summed E-state index contributed by atoms with van der Waals surface area (Å²) in [7, 11) is 0. The average molecular weight is 286 g/mol. The van der Waals surface area contributed by atoms with Crippen molar-refractivity contribution in [1.82, 2.24) is 14.3 Å². The van der Waals surface area contributed by atoms with Gasteiger partial charge in [-0.2, -0.15) is 5.10 Å². The zero-order valence-corrected chi connectivity index (χ0v) is 12.2. The highest BCUT2D eigenvalue weighted by Crippen LogP contribution is 2.18. The Bertz CT molecular complexity index is 841. The molecule has 0 atom stereocenters. The number of rotatable bonds is 4. The zero-order chi connectivity index (χ0) is 15.0. The highest BCUT2D eigenvalue weighted by molar-refractivity contribution is 5.77. The van der Waals surface area contributed by atoms with E-state index < -0.39 is 0 Å². The molecule has 2 N–H and O–H groups in total. The van der Waals surface area contributed by atoms with Crippen LogP contribution in [-0.4, -0.2) is 14.3 Å². The van der Waals surface area contributed by atoms with Gasteiger partial charge in [-0.3, -0.25) is 9.25 Å². The van der Waals surface area contributed by atoms with Gasteiger partial charge in [0.1, 0.15) is 0 Å². The summed E-state index contributed by atoms with van der Waals surface area (Å²) in [6.07, 6.45) is 0.869. The number of benzene rings is 1. The van der Waals surface area contributed by atoms with Crippen LogP contribution in [-0.2, 0) is 19.5 Å². The Morgan fingerprint density at radius 2 is 2.10 bits per heavy atom. The first-order chi connectivity index (χ1) is 10.1. The number of hydrogen-bond acceptors (Lipinski definition) is 4. The lowest BCUT2D eigenvalue weighted by molar-refractivity contribution is 0.507. The van der Waals surface area contributed by atoms with E-state index in [9.17, 15) is 4.79 Å². The number of hydrogen-bond donors (Lipinski definition) is 1. The predicted molar refractivity (Wildman–Crippen MR) is 81.3 cm³/mol. The summed E-state index contributed by atoms with van der Waals surface area (Å²) in [6, 6.07) is 7.23. The van der Waals surface area contributed by atoms with Gasteiger partial charge in [-0.25, -0.2) is 4.79 Å². The Labute approximate surface area is 121 Å². The quantitative estimate of drug-likeness (QED) is 0.744. The van der Waals surface area contributed by atoms with Crippen LogP contribution in [0.4, 0.5) is 5.69 Å². The summed E-state index contributed by atoms with van der Waals surface area (Å²) in [5, 5.41) is 4.50. The molecule has 3 aromatic rings. The number of aryl methyl sites for hydroxylation is 2. The van der Waals surface area contributed by atoms with Gasteiger partial charge >= 0.3 is 5.76 Å². The van der Waals surface area contributed by atoms with Crippen molar-refractivity contribution in [3.05, 3.63) is 46.2 Å². The van der Waals surface area contributed by atoms with Crippen molar-refractivity contribution in [3.8, 4) is 0 Å². The van der Waals surface area contributed by atoms with Crippen molar-refractivity contribution < 1.29 is 4.42 Å². The minimum absolute atomic E-state index is 0.377. The van der Waals surface area contributed by atoms with Gasteiger partial charge in [-0.1, -0.05) is 6.92 Å². The van der Waals surface area contributed by atoms with Crippen LogP contribution in [0.3, 0.4) is 0 Å². The van der Waals surface area contributed by atoms with E-state index in [1.807, 2.05) is 17.7 Å². The van der Waals surface area contributed by atoms with E-state index in [-0.39, 0.29) is 5.76 Å². The van der Waals surface area contributed by atoms with Crippen LogP contribution in [0.1, 0.15) is 25.2 Å². The van der Waals surface area contributed by atoms with Gasteiger partial charge in [-0.15, -0.1) is 0 Å². The van der Waals surface area contributed by atoms with E-state index in [0.29, 0.717) is 23.3 Å². The van der Waals surface area contributed by atoms with Gasteiger partial charge in [0.15, 0.2) is 5.58 Å². The molecule has 3 rings (SSSR count). The second-order valence-electron chi connectivity index (χ2n) is 4.98. The molecule has 2 heterocycles. The maximum atomic E-state index is 12.1. The molecule has 6 heteroatoms. The Morgan fingerprint density at radius 1 is 1.29 bits per heavy atom. The maximum absolute atomic E-state index is 12.1. The Balaban J connectivity index is 2.09. The number of nitrogens with zero attached hydrogens (tertiary/aromatic N) is 3. The summed E-state index contributed by atoms with van der Waals surface area (Å²) in [4.78, 5) is 12.1. The molecule has 0 fully saturated rings. The molecular weight excluding hydrogens is 268 g/mol. The normalized spacial score (nSPS) is 11.3. The number of aromatic nitrogens is 3. The van der Waals surface area contributed by atoms with Crippen molar-refractivity contribution in [1.29, 1.82) is 0 Å². The molecule has 21 heavy (non-hydrogen) atoms. The molecule has 0 amide bonds. The van der Waals surface area contributed by atoms with Crippen LogP contribution in [0.2, 0.25) is 0 Å². The van der Waals surface area contributed by atoms with E-state index in [4.69, 9.17) is 10.2 Å². The van der Waals surface area contributed by atoms with Gasteiger partial charge in [0.25, 0.3) is 0 Å². The molecule has 110 valence electrons. The summed E-state index contributed by atoms with van der Waals surface area (Å²) in [5.74, 6) is -0.377. The Hall–Kier alpha value is -2.50. The standard InChI is InChI=1S/C15H18N4O2/c1-3-11-8-12(19(4-2)17-11)9-18-13-7-10(16)5-6-14(13)21-15(18)20/h5-8H,3-4,9,16H2,1-2H3. The molecule has 0 saturated heterocycles. The van der Waals surface area contributed by atoms with Crippen molar-refractivity contribution in [3.63, 3.8) is 0 Å². The summed E-state index contributed by atoms with van der Waals surface area (Å²) >= 11 is 0. The molecule has 2 aromatic heterocycles. The molecule has 0 bridgehead atoms. The number of fused-ring (bicyclic) bond motifs is 1. The van der Waals surface area contributed by atoms with Crippen molar-refractivity contribution in [2.75, 3.05) is 5.73 Å². The summed E-state index contributed by atoms with van der Waals surface area (Å²) in [5.41, 5.74) is 9.68. The van der Waals surface area contributed by atoms with Crippen molar-refractivity contribution in [2.45, 2.75) is 33.4 Å². The first-order valence-corrected chi connectivity index (χ1v) is 7.06. The van der Waals surface area contributed by atoms with Crippen LogP contribution < -0.4 is 11.5 Å². The monoisotopic (exact) mass is 286 g/mol. The molecule has 6 nitrogen and oxygen atoms in total. The third kappa shape index (κ3) is 2.33. The molecular formula is C15H18N4O2. The zero-order valence-electron chi connectivity index (χ0n) is 12.2. The SMILES string of the molecule is CCc1cc(Cn2c(=O)oc3ccc(N)cc32)n(CC)n1. The lowest BCUT2D eigenvalue weighted by Gasteiger charge is -2.05. The minimum atomic E-state index is -0.377. The van der Waals surface area contributed by atoms with Gasteiger partial charge in [0, 0.05) is 12.2 Å². The molecule has 0 aliphatic heterocycles. The first-order valence-electron chi connectivity index (χ1n) is 7.06. The molecule has 0 spiro atoms. The number of nitrogen functional groups attached to an aromatic ring is 1. The van der Waals surface area contributed by atoms with Crippen molar-refractivity contribution >= 4 is 16.8 Å². The fourth-order valence-corrected chi connectivity index (χ4v) is 2.48. The molecule has 0 aliphatic carbocycles. The number of nitrogens with two attached hydrogens (primary N) is 1. The Kier molecular flexibility index (Phi) is 3.29.